The molecule has 0 amide bonds. The predicted octanol–water partition coefficient (Wildman–Crippen LogP) is 2.27. The van der Waals surface area contributed by atoms with E-state index in [1.807, 2.05) is 13.0 Å². The first kappa shape index (κ1) is 14.5. The van der Waals surface area contributed by atoms with Crippen LogP contribution in [-0.2, 0) is 16.8 Å². The molecular formula is C15H16N4O2S. The number of nitrogens with zero attached hydrogens (tertiary/aromatic N) is 2. The molecule has 114 valence electrons. The number of nitrogens with one attached hydrogen (secondary N) is 2. The molecule has 6 nitrogen and oxygen atoms in total. The molecule has 1 atom stereocenters. The number of hydrogen-bond acceptors (Lipinski definition) is 4. The van der Waals surface area contributed by atoms with E-state index in [2.05, 4.69) is 9.97 Å². The van der Waals surface area contributed by atoms with Crippen LogP contribution in [0.25, 0.3) is 22.2 Å². The number of aromatic amines is 1. The first-order valence-corrected chi connectivity index (χ1v) is 8.64. The normalized spacial score (nSPS) is 14.1. The molecule has 3 heterocycles. The topological polar surface area (TPSA) is 91.6 Å². The Bertz CT molecular complexity index is 1050. The van der Waals surface area contributed by atoms with Crippen LogP contribution in [0.4, 0.5) is 0 Å². The van der Waals surface area contributed by atoms with Gasteiger partial charge >= 0.3 is 0 Å². The largest absolute Gasteiger partial charge is 0.357 e. The zero-order chi connectivity index (χ0) is 16.1. The van der Waals surface area contributed by atoms with Crippen molar-refractivity contribution in [2.75, 3.05) is 6.26 Å². The van der Waals surface area contributed by atoms with E-state index in [0.29, 0.717) is 11.2 Å². The zero-order valence-corrected chi connectivity index (χ0v) is 13.3. The summed E-state index contributed by atoms with van der Waals surface area (Å²) in [6.45, 7) is 1.90. The lowest BCUT2D eigenvalue weighted by Crippen LogP contribution is -2.16. The zero-order valence-electron chi connectivity index (χ0n) is 12.5. The second kappa shape index (κ2) is 4.81. The van der Waals surface area contributed by atoms with Gasteiger partial charge in [0.1, 0.15) is 10.5 Å². The third-order valence-electron chi connectivity index (χ3n) is 3.62. The Hall–Kier alpha value is -2.41. The summed E-state index contributed by atoms with van der Waals surface area (Å²) < 4.78 is 21.2. The Morgan fingerprint density at radius 1 is 1.32 bits per heavy atom. The van der Waals surface area contributed by atoms with E-state index in [1.54, 1.807) is 31.6 Å². The van der Waals surface area contributed by atoms with Crippen LogP contribution < -0.4 is 5.56 Å². The molecule has 7 heteroatoms. The monoisotopic (exact) mass is 316 g/mol. The van der Waals surface area contributed by atoms with Crippen LogP contribution in [0.15, 0.2) is 40.4 Å². The quantitative estimate of drug-likeness (QED) is 0.759. The second-order valence-corrected chi connectivity index (χ2v) is 7.49. The van der Waals surface area contributed by atoms with E-state index >= 15 is 0 Å². The Kier molecular flexibility index (Phi) is 3.17. The molecule has 22 heavy (non-hydrogen) atoms. The van der Waals surface area contributed by atoms with Crippen molar-refractivity contribution >= 4 is 20.6 Å². The number of rotatable bonds is 2. The van der Waals surface area contributed by atoms with Gasteiger partial charge in [-0.25, -0.2) is 14.0 Å². The molecule has 1 unspecified atom stereocenters. The Morgan fingerprint density at radius 3 is 2.73 bits per heavy atom. The minimum Gasteiger partial charge on any atom is -0.357 e. The molecule has 0 fully saturated rings. The van der Waals surface area contributed by atoms with Crippen molar-refractivity contribution in [2.24, 2.45) is 7.05 Å². The maximum absolute atomic E-state index is 12.1. The minimum absolute atomic E-state index is 0.114. The fourth-order valence-corrected chi connectivity index (χ4v) is 3.05. The van der Waals surface area contributed by atoms with Crippen LogP contribution in [0.3, 0.4) is 0 Å². The lowest BCUT2D eigenvalue weighted by Gasteiger charge is -2.11. The highest BCUT2D eigenvalue weighted by molar-refractivity contribution is 7.91. The molecule has 0 spiro atoms. The van der Waals surface area contributed by atoms with Crippen LogP contribution in [0.5, 0.6) is 0 Å². The maximum atomic E-state index is 12.1. The minimum atomic E-state index is -2.90. The van der Waals surface area contributed by atoms with E-state index in [0.717, 1.165) is 16.5 Å². The maximum Gasteiger partial charge on any atom is 0.274 e. The molecule has 0 aliphatic heterocycles. The van der Waals surface area contributed by atoms with Gasteiger partial charge in [-0.15, -0.1) is 0 Å². The Morgan fingerprint density at radius 2 is 2.05 bits per heavy atom. The lowest BCUT2D eigenvalue weighted by atomic mass is 10.1. The average molecular weight is 316 g/mol. The first-order chi connectivity index (χ1) is 10.3. The smallest absolute Gasteiger partial charge is 0.274 e. The van der Waals surface area contributed by atoms with Crippen LogP contribution in [-0.4, -0.2) is 25.0 Å². The van der Waals surface area contributed by atoms with Gasteiger partial charge in [-0.1, -0.05) is 6.07 Å². The van der Waals surface area contributed by atoms with Crippen molar-refractivity contribution in [3.05, 3.63) is 46.5 Å². The Balaban J connectivity index is 2.40. The second-order valence-electron chi connectivity index (χ2n) is 5.38. The van der Waals surface area contributed by atoms with Gasteiger partial charge < -0.3 is 9.55 Å². The molecule has 3 aromatic rings. The molecule has 0 aromatic carbocycles. The highest BCUT2D eigenvalue weighted by Crippen LogP contribution is 2.28. The van der Waals surface area contributed by atoms with E-state index in [4.69, 9.17) is 4.78 Å². The molecule has 0 aliphatic carbocycles. The number of fused-ring (bicyclic) bond motifs is 1. The highest BCUT2D eigenvalue weighted by atomic mass is 32.2. The summed E-state index contributed by atoms with van der Waals surface area (Å²) in [5.74, 6) is 0. The average Bonchev–Trinajstić information content (AvgIpc) is 2.92. The Labute approximate surface area is 127 Å². The SMILES string of the molecule is Cc1ccc(S(C)(=N)=O)nc1-c1cn(C)c(=O)c2[nH]ccc12. The molecule has 0 aliphatic rings. The fraction of sp³-hybridized carbons (Fsp3) is 0.200. The van der Waals surface area contributed by atoms with Gasteiger partial charge in [-0.2, -0.15) is 0 Å². The lowest BCUT2D eigenvalue weighted by molar-refractivity contribution is 0.676. The van der Waals surface area contributed by atoms with Crippen LogP contribution >= 0.6 is 0 Å². The summed E-state index contributed by atoms with van der Waals surface area (Å²) in [6, 6.07) is 5.24. The fourth-order valence-electron chi connectivity index (χ4n) is 2.46. The highest BCUT2D eigenvalue weighted by Gasteiger charge is 2.15. The van der Waals surface area contributed by atoms with Crippen LogP contribution in [0.2, 0.25) is 0 Å². The molecule has 0 radical (unpaired) electrons. The number of hydrogen-bond donors (Lipinski definition) is 2. The van der Waals surface area contributed by atoms with E-state index in [-0.39, 0.29) is 10.6 Å². The van der Waals surface area contributed by atoms with Gasteiger partial charge in [0.15, 0.2) is 0 Å². The number of H-pyrrole nitrogens is 1. The molecule has 3 aromatic heterocycles. The molecular weight excluding hydrogens is 300 g/mol. The number of pyridine rings is 2. The van der Waals surface area contributed by atoms with Crippen molar-refractivity contribution in [2.45, 2.75) is 11.9 Å². The molecule has 0 bridgehead atoms. The van der Waals surface area contributed by atoms with Crippen molar-refractivity contribution in [1.82, 2.24) is 14.5 Å². The summed E-state index contributed by atoms with van der Waals surface area (Å²) in [5.41, 5.74) is 2.71. The van der Waals surface area contributed by atoms with Crippen molar-refractivity contribution in [1.29, 1.82) is 4.78 Å². The van der Waals surface area contributed by atoms with E-state index < -0.39 is 9.73 Å². The van der Waals surface area contributed by atoms with Crippen molar-refractivity contribution in [3.8, 4) is 11.3 Å². The van der Waals surface area contributed by atoms with Gasteiger partial charge in [0.25, 0.3) is 5.56 Å². The summed E-state index contributed by atoms with van der Waals surface area (Å²) in [7, 11) is -1.22. The molecule has 3 rings (SSSR count). The predicted molar refractivity (Wildman–Crippen MR) is 86.6 cm³/mol. The number of aryl methyl sites for hydroxylation is 2. The third-order valence-corrected chi connectivity index (χ3v) is 4.65. The molecule has 0 saturated heterocycles. The summed E-state index contributed by atoms with van der Waals surface area (Å²) in [5, 5.41) is 1.01. The molecule has 0 saturated carbocycles. The van der Waals surface area contributed by atoms with Crippen LogP contribution in [0, 0.1) is 11.7 Å². The summed E-state index contributed by atoms with van der Waals surface area (Å²) in [4.78, 5) is 19.5. The standard InChI is InChI=1S/C15H16N4O2S/c1-9-4-5-12(22(3,16)21)18-13(9)11-8-19(2)15(20)14-10(11)6-7-17-14/h4-8,16-17H,1-3H3. The van der Waals surface area contributed by atoms with Gasteiger partial charge in [0.2, 0.25) is 0 Å². The summed E-state index contributed by atoms with van der Waals surface area (Å²) in [6.07, 6.45) is 4.78. The van der Waals surface area contributed by atoms with E-state index in [9.17, 15) is 9.00 Å². The van der Waals surface area contributed by atoms with Gasteiger partial charge in [0, 0.05) is 36.6 Å². The van der Waals surface area contributed by atoms with Gasteiger partial charge in [-0.05, 0) is 24.6 Å². The van der Waals surface area contributed by atoms with Gasteiger partial charge in [0.05, 0.1) is 15.4 Å². The van der Waals surface area contributed by atoms with E-state index in [1.165, 1.54) is 10.8 Å². The van der Waals surface area contributed by atoms with Crippen molar-refractivity contribution < 1.29 is 4.21 Å². The molecule has 2 N–H and O–H groups in total. The van der Waals surface area contributed by atoms with Crippen molar-refractivity contribution in [3.63, 3.8) is 0 Å². The van der Waals surface area contributed by atoms with Gasteiger partial charge in [-0.3, -0.25) is 4.79 Å². The summed E-state index contributed by atoms with van der Waals surface area (Å²) >= 11 is 0. The van der Waals surface area contributed by atoms with Crippen LogP contribution in [0.1, 0.15) is 5.56 Å². The first-order valence-electron chi connectivity index (χ1n) is 6.67. The number of aromatic nitrogens is 3. The third kappa shape index (κ3) is 2.23.